The summed E-state index contributed by atoms with van der Waals surface area (Å²) in [6.45, 7) is 6.34. The Morgan fingerprint density at radius 3 is 2.38 bits per heavy atom. The summed E-state index contributed by atoms with van der Waals surface area (Å²) < 4.78 is 5.29. The Balaban J connectivity index is 0.000000671. The highest BCUT2D eigenvalue weighted by Crippen LogP contribution is 2.34. The molecule has 0 radical (unpaired) electrons. The quantitative estimate of drug-likeness (QED) is 0.686. The monoisotopic (exact) mass is 222 g/mol. The van der Waals surface area contributed by atoms with Crippen molar-refractivity contribution < 1.29 is 9.53 Å². The van der Waals surface area contributed by atoms with Crippen molar-refractivity contribution in [2.24, 2.45) is 0 Å². The van der Waals surface area contributed by atoms with Gasteiger partial charge in [0.2, 0.25) is 0 Å². The highest BCUT2D eigenvalue weighted by Gasteiger charge is 2.19. The summed E-state index contributed by atoms with van der Waals surface area (Å²) in [6.07, 6.45) is 0.573. The van der Waals surface area contributed by atoms with E-state index in [1.807, 2.05) is 44.3 Å². The van der Waals surface area contributed by atoms with E-state index in [1.165, 1.54) is 11.5 Å². The summed E-state index contributed by atoms with van der Waals surface area (Å²) in [7, 11) is 0. The van der Waals surface area contributed by atoms with Gasteiger partial charge < -0.3 is 4.74 Å². The van der Waals surface area contributed by atoms with Crippen molar-refractivity contribution >= 4 is 29.5 Å². The number of carbonyl (C=O) groups excluding carboxylic acids is 1. The molecule has 0 unspecified atom stereocenters. The summed E-state index contributed by atoms with van der Waals surface area (Å²) >= 11 is 3.72. The van der Waals surface area contributed by atoms with E-state index in [4.69, 9.17) is 4.74 Å². The summed E-state index contributed by atoms with van der Waals surface area (Å²) in [5, 5.41) is 0. The fourth-order valence-corrected chi connectivity index (χ4v) is 3.65. The zero-order valence-corrected chi connectivity index (χ0v) is 10.2. The van der Waals surface area contributed by atoms with E-state index in [2.05, 4.69) is 0 Å². The van der Waals surface area contributed by atoms with Crippen LogP contribution in [0.2, 0.25) is 0 Å². The lowest BCUT2D eigenvalue weighted by Crippen LogP contribution is -2.08. The minimum absolute atomic E-state index is 0.0561. The van der Waals surface area contributed by atoms with Crippen molar-refractivity contribution in [2.45, 2.75) is 31.8 Å². The van der Waals surface area contributed by atoms with Gasteiger partial charge in [-0.1, -0.05) is 13.8 Å². The first-order valence-corrected chi connectivity index (χ1v) is 6.81. The second kappa shape index (κ2) is 8.75. The molecule has 0 amide bonds. The zero-order chi connectivity index (χ0) is 10.1. The molecule has 0 N–H and O–H groups in total. The molecule has 1 rings (SSSR count). The molecule has 0 bridgehead atoms. The Kier molecular flexibility index (Phi) is 8.87. The van der Waals surface area contributed by atoms with Crippen LogP contribution in [0.1, 0.15) is 27.2 Å². The van der Waals surface area contributed by atoms with E-state index in [1.54, 1.807) is 0 Å². The van der Waals surface area contributed by atoms with Gasteiger partial charge in [0.05, 0.1) is 17.6 Å². The van der Waals surface area contributed by atoms with Gasteiger partial charge >= 0.3 is 5.97 Å². The summed E-state index contributed by atoms with van der Waals surface area (Å²) in [4.78, 5) is 11.0. The number of hydrogen-bond donors (Lipinski definition) is 0. The Morgan fingerprint density at radius 2 is 1.92 bits per heavy atom. The molecule has 0 atom stereocenters. The zero-order valence-electron chi connectivity index (χ0n) is 8.54. The number of hydrogen-bond acceptors (Lipinski definition) is 4. The topological polar surface area (TPSA) is 26.3 Å². The fourth-order valence-electron chi connectivity index (χ4n) is 0.881. The van der Waals surface area contributed by atoms with E-state index in [0.29, 0.717) is 17.6 Å². The molecule has 0 aromatic heterocycles. The fraction of sp³-hybridized carbons (Fsp3) is 0.889. The van der Waals surface area contributed by atoms with Crippen LogP contribution >= 0.6 is 23.5 Å². The lowest BCUT2D eigenvalue weighted by molar-refractivity contribution is -0.142. The number of carbonyl (C=O) groups is 1. The van der Waals surface area contributed by atoms with Crippen LogP contribution in [0.5, 0.6) is 0 Å². The van der Waals surface area contributed by atoms with Gasteiger partial charge in [-0.25, -0.2) is 0 Å². The third kappa shape index (κ3) is 6.27. The molecule has 78 valence electrons. The van der Waals surface area contributed by atoms with Crippen molar-refractivity contribution in [2.75, 3.05) is 18.1 Å². The van der Waals surface area contributed by atoms with Gasteiger partial charge in [-0.2, -0.15) is 0 Å². The van der Waals surface area contributed by atoms with Crippen LogP contribution in [0.4, 0.5) is 0 Å². The Morgan fingerprint density at radius 1 is 1.38 bits per heavy atom. The summed E-state index contributed by atoms with van der Waals surface area (Å²) in [5.74, 6) is 2.29. The van der Waals surface area contributed by atoms with Gasteiger partial charge in [0.15, 0.2) is 0 Å². The van der Waals surface area contributed by atoms with Crippen molar-refractivity contribution in [1.29, 1.82) is 0 Å². The van der Waals surface area contributed by atoms with Gasteiger partial charge in [-0.05, 0) is 6.92 Å². The van der Waals surface area contributed by atoms with Crippen molar-refractivity contribution in [3.05, 3.63) is 0 Å². The molecule has 0 aliphatic carbocycles. The van der Waals surface area contributed by atoms with Crippen molar-refractivity contribution in [3.63, 3.8) is 0 Å². The van der Waals surface area contributed by atoms with Gasteiger partial charge in [0, 0.05) is 11.5 Å². The van der Waals surface area contributed by atoms with Crippen molar-refractivity contribution in [1.82, 2.24) is 0 Å². The lowest BCUT2D eigenvalue weighted by atomic mass is 10.5. The molecule has 1 heterocycles. The van der Waals surface area contributed by atoms with Gasteiger partial charge in [-0.3, -0.25) is 4.79 Å². The van der Waals surface area contributed by atoms with Crippen LogP contribution in [0.25, 0.3) is 0 Å². The second-order valence-corrected chi connectivity index (χ2v) is 5.10. The van der Waals surface area contributed by atoms with E-state index in [-0.39, 0.29) is 5.97 Å². The first-order chi connectivity index (χ1) is 6.33. The molecule has 13 heavy (non-hydrogen) atoms. The molecular formula is C9H18O2S2. The molecule has 0 saturated carbocycles. The maximum Gasteiger partial charge on any atom is 0.307 e. The molecule has 0 spiro atoms. The largest absolute Gasteiger partial charge is 0.466 e. The molecule has 4 heteroatoms. The smallest absolute Gasteiger partial charge is 0.307 e. The summed E-state index contributed by atoms with van der Waals surface area (Å²) in [6, 6.07) is 0. The highest BCUT2D eigenvalue weighted by molar-refractivity contribution is 8.20. The van der Waals surface area contributed by atoms with Crippen molar-refractivity contribution in [3.8, 4) is 0 Å². The molecule has 2 nitrogen and oxygen atoms in total. The number of thioether (sulfide) groups is 2. The highest BCUT2D eigenvalue weighted by atomic mass is 32.2. The Bertz CT molecular complexity index is 134. The maximum absolute atomic E-state index is 11.0. The molecule has 1 aliphatic heterocycles. The van der Waals surface area contributed by atoms with Gasteiger partial charge in [-0.15, -0.1) is 23.5 Å². The van der Waals surface area contributed by atoms with Crippen LogP contribution in [-0.4, -0.2) is 28.7 Å². The molecule has 0 aromatic rings. The standard InChI is InChI=1S/C7H12O2S2.C2H6/c1-2-9-6(8)5-7-10-3-4-11-7;1-2/h7H,2-5H2,1H3;1-2H3. The minimum atomic E-state index is -0.0561. The Labute approximate surface area is 89.2 Å². The van der Waals surface area contributed by atoms with Crippen LogP contribution in [0, 0.1) is 0 Å². The number of esters is 1. The predicted molar refractivity (Wildman–Crippen MR) is 61.3 cm³/mol. The number of rotatable bonds is 3. The molecule has 1 aliphatic rings. The van der Waals surface area contributed by atoms with Crippen LogP contribution in [0.3, 0.4) is 0 Å². The average Bonchev–Trinajstić information content (AvgIpc) is 2.61. The van der Waals surface area contributed by atoms with Gasteiger partial charge in [0.1, 0.15) is 0 Å². The first-order valence-electron chi connectivity index (χ1n) is 4.71. The lowest BCUT2D eigenvalue weighted by Gasteiger charge is -2.05. The van der Waals surface area contributed by atoms with E-state index in [0.717, 1.165) is 0 Å². The molecule has 0 aromatic carbocycles. The number of ether oxygens (including phenoxy) is 1. The molecular weight excluding hydrogens is 204 g/mol. The molecule has 1 fully saturated rings. The first kappa shape index (κ1) is 13.2. The minimum Gasteiger partial charge on any atom is -0.466 e. The van der Waals surface area contributed by atoms with E-state index < -0.39 is 0 Å². The van der Waals surface area contributed by atoms with E-state index in [9.17, 15) is 4.79 Å². The SMILES string of the molecule is CC.CCOC(=O)CC1SCCS1. The normalized spacial score (nSPS) is 16.2. The average molecular weight is 222 g/mol. The third-order valence-corrected chi connectivity index (χ3v) is 4.36. The third-order valence-electron chi connectivity index (χ3n) is 1.33. The van der Waals surface area contributed by atoms with Gasteiger partial charge in [0.25, 0.3) is 0 Å². The summed E-state index contributed by atoms with van der Waals surface area (Å²) in [5.41, 5.74) is 0. The second-order valence-electron chi connectivity index (χ2n) is 2.18. The van der Waals surface area contributed by atoms with E-state index >= 15 is 0 Å². The predicted octanol–water partition coefficient (Wildman–Crippen LogP) is 2.77. The maximum atomic E-state index is 11.0. The molecule has 1 saturated heterocycles. The van der Waals surface area contributed by atoms with Crippen LogP contribution in [-0.2, 0) is 9.53 Å². The van der Waals surface area contributed by atoms with Crippen LogP contribution < -0.4 is 0 Å². The Hall–Kier alpha value is 0.170. The van der Waals surface area contributed by atoms with Crippen LogP contribution in [0.15, 0.2) is 0 Å².